The molecule has 3 unspecified atom stereocenters. The van der Waals surface area contributed by atoms with Gasteiger partial charge in [0.1, 0.15) is 60.2 Å². The molecule has 6 N–H and O–H groups in total. The summed E-state index contributed by atoms with van der Waals surface area (Å²) in [6.07, 6.45) is 2.79. The molecule has 4 aromatic rings. The number of likely N-dealkylation sites (N-methyl/N-ethyl adjacent to an activating group) is 3. The fraction of sp³-hybridized carbons (Fsp3) is 0.580. The number of nitrogens with zero attached hydrogens (tertiary/aromatic N) is 7. The van der Waals surface area contributed by atoms with E-state index >= 15 is 0 Å². The van der Waals surface area contributed by atoms with Crippen molar-refractivity contribution in [2.45, 2.75) is 81.5 Å². The zero-order chi connectivity index (χ0) is 50.2. The maximum Gasteiger partial charge on any atom is 0.227 e. The Morgan fingerprint density at radius 2 is 1.34 bits per heavy atom. The molecule has 386 valence electrons. The minimum Gasteiger partial charge on any atom is -0.491 e. The number of aromatic nitrogens is 4. The average molecular weight is 1000 g/mol. The number of aliphatic hydroxyl groups excluding tert-OH is 2. The van der Waals surface area contributed by atoms with Gasteiger partial charge in [0.2, 0.25) is 5.91 Å². The van der Waals surface area contributed by atoms with Crippen LogP contribution in [-0.4, -0.2) is 191 Å². The van der Waals surface area contributed by atoms with Gasteiger partial charge in [-0.2, -0.15) is 0 Å². The molecule has 2 aromatic carbocycles. The van der Waals surface area contributed by atoms with E-state index in [0.717, 1.165) is 47.6 Å². The molecule has 2 aromatic heterocycles. The number of benzene rings is 2. The quantitative estimate of drug-likeness (QED) is 0.0663. The summed E-state index contributed by atoms with van der Waals surface area (Å²) in [5.41, 5.74) is 3.77. The Hall–Kier alpha value is -5.42. The Bertz CT molecular complexity index is 2580. The lowest BCUT2D eigenvalue weighted by molar-refractivity contribution is -0.130. The second-order valence-corrected chi connectivity index (χ2v) is 21.6. The van der Waals surface area contributed by atoms with Crippen molar-refractivity contribution < 1.29 is 42.4 Å². The number of hydrogen-bond acceptors (Lipinski definition) is 19. The van der Waals surface area contributed by atoms with Crippen LogP contribution in [0.15, 0.2) is 42.5 Å². The Labute approximate surface area is 417 Å². The molecule has 0 saturated carbocycles. The zero-order valence-corrected chi connectivity index (χ0v) is 42.6. The van der Waals surface area contributed by atoms with Crippen molar-refractivity contribution in [1.29, 1.82) is 0 Å². The second kappa shape index (κ2) is 23.4. The summed E-state index contributed by atoms with van der Waals surface area (Å²) in [6.45, 7) is 9.35. The van der Waals surface area contributed by atoms with Gasteiger partial charge in [-0.3, -0.25) is 4.79 Å². The van der Waals surface area contributed by atoms with E-state index in [0.29, 0.717) is 118 Å². The van der Waals surface area contributed by atoms with Gasteiger partial charge in [0.05, 0.1) is 43.0 Å². The van der Waals surface area contributed by atoms with Gasteiger partial charge >= 0.3 is 0 Å². The summed E-state index contributed by atoms with van der Waals surface area (Å²) < 4.78 is 48.7. The summed E-state index contributed by atoms with van der Waals surface area (Å²) in [5.74, 6) is 4.64. The van der Waals surface area contributed by atoms with E-state index in [2.05, 4.69) is 26.2 Å². The summed E-state index contributed by atoms with van der Waals surface area (Å²) >= 11 is 0. The van der Waals surface area contributed by atoms with Gasteiger partial charge in [0.25, 0.3) is 0 Å². The van der Waals surface area contributed by atoms with Crippen LogP contribution in [0.2, 0.25) is 0 Å². The summed E-state index contributed by atoms with van der Waals surface area (Å²) in [7, 11) is 2.11. The minimum absolute atomic E-state index is 0.0147. The van der Waals surface area contributed by atoms with Crippen LogP contribution < -0.4 is 40.5 Å². The fourth-order valence-electron chi connectivity index (χ4n) is 9.55. The first-order valence-electron chi connectivity index (χ1n) is 24.7. The normalized spacial score (nSPS) is 21.1. The monoisotopic (exact) mass is 1000 g/mol. The predicted octanol–water partition coefficient (Wildman–Crippen LogP) is 2.44. The summed E-state index contributed by atoms with van der Waals surface area (Å²) in [4.78, 5) is 40.8. The van der Waals surface area contributed by atoms with Crippen molar-refractivity contribution in [2.75, 3.05) is 127 Å². The predicted molar refractivity (Wildman–Crippen MR) is 274 cm³/mol. The standard InChI is InChI=1S/C50H71N11O9S/c1-31-45(53-36-12-16-67-27-36)55-47(34-8-7-9-41(21-34)69-29-39(62)23-51-3)57-49(31)60-14-10-38(25-60)59(5)44(64)20-33-18-35(22-42(19-33)70-30-40(63)24-52-4)48-56-46(54-37-13-17-68-28-37)32(2)50(58-48)61-15-11-43(26-61)71(6,65)66/h7-9,18-19,21-22,36-40,43,51-52,62-63H,10-17,20,23-30H2,1-6H3,(H,53,55,57)(H,54,56,58)/t36-,37?,38+,39?,40?,43+/m1/s1. The van der Waals surface area contributed by atoms with Gasteiger partial charge in [0, 0.05) is 88.0 Å². The second-order valence-electron chi connectivity index (χ2n) is 19.3. The maximum absolute atomic E-state index is 14.4. The number of carbonyl (C=O) groups excluding carboxylic acids is 1. The van der Waals surface area contributed by atoms with E-state index in [1.54, 1.807) is 14.1 Å². The van der Waals surface area contributed by atoms with Crippen molar-refractivity contribution in [3.63, 3.8) is 0 Å². The molecule has 0 spiro atoms. The van der Waals surface area contributed by atoms with Crippen LogP contribution in [0.5, 0.6) is 11.5 Å². The molecule has 0 bridgehead atoms. The Kier molecular flexibility index (Phi) is 17.1. The molecule has 71 heavy (non-hydrogen) atoms. The molecule has 4 fully saturated rings. The third kappa shape index (κ3) is 13.2. The van der Waals surface area contributed by atoms with Crippen LogP contribution in [0.25, 0.3) is 22.8 Å². The van der Waals surface area contributed by atoms with Crippen LogP contribution in [0.3, 0.4) is 0 Å². The first kappa shape index (κ1) is 51.9. The van der Waals surface area contributed by atoms with Crippen molar-refractivity contribution >= 4 is 39.0 Å². The molecule has 4 aliphatic heterocycles. The molecule has 4 saturated heterocycles. The van der Waals surface area contributed by atoms with Crippen molar-refractivity contribution in [1.82, 2.24) is 35.5 Å². The highest BCUT2D eigenvalue weighted by atomic mass is 32.2. The van der Waals surface area contributed by atoms with Crippen LogP contribution >= 0.6 is 0 Å². The largest absolute Gasteiger partial charge is 0.491 e. The van der Waals surface area contributed by atoms with Gasteiger partial charge in [-0.25, -0.2) is 28.4 Å². The van der Waals surface area contributed by atoms with Crippen LogP contribution in [0.1, 0.15) is 42.4 Å². The molecular weight excluding hydrogens is 931 g/mol. The third-order valence-corrected chi connectivity index (χ3v) is 15.3. The average Bonchev–Trinajstić information content (AvgIpc) is 4.21. The molecule has 4 aliphatic rings. The Balaban J connectivity index is 1.05. The highest BCUT2D eigenvalue weighted by Crippen LogP contribution is 2.36. The zero-order valence-electron chi connectivity index (χ0n) is 41.8. The summed E-state index contributed by atoms with van der Waals surface area (Å²) in [5, 5.41) is 33.5. The van der Waals surface area contributed by atoms with E-state index in [4.69, 9.17) is 38.9 Å². The van der Waals surface area contributed by atoms with E-state index in [9.17, 15) is 23.4 Å². The number of amides is 1. The topological polar surface area (TPSA) is 238 Å². The molecular formula is C50H71N11O9S. The SMILES string of the molecule is CNCC(O)COc1cc(CC(=O)N(C)[C@H]2CCN(c3nc(-c4cccc(OCC(O)CNC)c4)nc(N[C@@H]4CCOC4)c3C)C2)cc(-c2nc(NC3CCOC3)c(C)c(N3CC[C@H](S(C)(=O)=O)C3)n2)c1. The lowest BCUT2D eigenvalue weighted by Gasteiger charge is -2.27. The van der Waals surface area contributed by atoms with Crippen molar-refractivity contribution in [2.24, 2.45) is 0 Å². The number of rotatable bonds is 22. The number of hydrogen-bond donors (Lipinski definition) is 6. The molecule has 8 rings (SSSR count). The molecule has 0 aliphatic carbocycles. The third-order valence-electron chi connectivity index (χ3n) is 13.7. The minimum atomic E-state index is -3.27. The first-order chi connectivity index (χ1) is 34.1. The van der Waals surface area contributed by atoms with Gasteiger partial charge in [-0.1, -0.05) is 12.1 Å². The van der Waals surface area contributed by atoms with Crippen LogP contribution in [-0.2, 0) is 30.5 Å². The molecule has 6 heterocycles. The van der Waals surface area contributed by atoms with Gasteiger partial charge < -0.3 is 65.1 Å². The number of sulfone groups is 1. The van der Waals surface area contributed by atoms with E-state index < -0.39 is 27.3 Å². The maximum atomic E-state index is 14.4. The Morgan fingerprint density at radius 1 is 0.775 bits per heavy atom. The van der Waals surface area contributed by atoms with E-state index in [1.165, 1.54) is 6.26 Å². The number of ether oxygens (including phenoxy) is 4. The number of carbonyl (C=O) groups is 1. The number of nitrogens with one attached hydrogen (secondary N) is 4. The molecule has 6 atom stereocenters. The fourth-order valence-corrected chi connectivity index (χ4v) is 10.5. The van der Waals surface area contributed by atoms with E-state index in [-0.39, 0.29) is 43.7 Å². The smallest absolute Gasteiger partial charge is 0.227 e. The molecule has 0 radical (unpaired) electrons. The summed E-state index contributed by atoms with van der Waals surface area (Å²) in [6, 6.07) is 13.1. The lowest BCUT2D eigenvalue weighted by atomic mass is 10.0. The van der Waals surface area contributed by atoms with Crippen LogP contribution in [0, 0.1) is 13.8 Å². The molecule has 21 heteroatoms. The Morgan fingerprint density at radius 3 is 1.90 bits per heavy atom. The lowest BCUT2D eigenvalue weighted by Crippen LogP contribution is -2.40. The first-order valence-corrected chi connectivity index (χ1v) is 26.7. The number of aliphatic hydroxyl groups is 2. The van der Waals surface area contributed by atoms with Gasteiger partial charge in [-0.15, -0.1) is 0 Å². The van der Waals surface area contributed by atoms with Crippen LogP contribution in [0.4, 0.5) is 23.3 Å². The highest BCUT2D eigenvalue weighted by molar-refractivity contribution is 7.91. The van der Waals surface area contributed by atoms with E-state index in [1.807, 2.05) is 73.2 Å². The van der Waals surface area contributed by atoms with Crippen molar-refractivity contribution in [3.05, 3.63) is 59.2 Å². The van der Waals surface area contributed by atoms with Gasteiger partial charge in [-0.05, 0) is 89.5 Å². The molecule has 20 nitrogen and oxygen atoms in total. The molecule has 1 amide bonds. The number of anilines is 4. The van der Waals surface area contributed by atoms with Gasteiger partial charge in [0.15, 0.2) is 21.5 Å². The van der Waals surface area contributed by atoms with Crippen molar-refractivity contribution in [3.8, 4) is 34.3 Å². The highest BCUT2D eigenvalue weighted by Gasteiger charge is 2.34.